The third kappa shape index (κ3) is 3.43. The molecule has 0 spiro atoms. The van der Waals surface area contributed by atoms with E-state index in [0.717, 1.165) is 38.1 Å². The highest BCUT2D eigenvalue weighted by Crippen LogP contribution is 2.38. The molecule has 0 unspecified atom stereocenters. The molecule has 3 aromatic carbocycles. The summed E-state index contributed by atoms with van der Waals surface area (Å²) in [4.78, 5) is 0. The van der Waals surface area contributed by atoms with Crippen molar-refractivity contribution in [3.63, 3.8) is 0 Å². The fourth-order valence-electron chi connectivity index (χ4n) is 3.46. The van der Waals surface area contributed by atoms with Crippen molar-refractivity contribution in [2.24, 2.45) is 0 Å². The first kappa shape index (κ1) is 18.3. The summed E-state index contributed by atoms with van der Waals surface area (Å²) in [6.45, 7) is 0.764. The maximum absolute atomic E-state index is 13.7. The minimum Gasteiger partial charge on any atom is -0.454 e. The second kappa shape index (κ2) is 7.28. The number of hydrogen-bond donors (Lipinski definition) is 0. The molecule has 5 rings (SSSR count). The Hall–Kier alpha value is -2.70. The van der Waals surface area contributed by atoms with Crippen molar-refractivity contribution in [3.8, 4) is 11.5 Å². The monoisotopic (exact) mass is 472 g/mol. The van der Waals surface area contributed by atoms with Crippen molar-refractivity contribution in [1.82, 2.24) is 4.68 Å². The lowest BCUT2D eigenvalue weighted by molar-refractivity contribution is 0.174. The van der Waals surface area contributed by atoms with Gasteiger partial charge in [0.25, 0.3) is 0 Å². The number of rotatable bonds is 4. The van der Waals surface area contributed by atoms with Gasteiger partial charge in [-0.3, -0.25) is 9.69 Å². The maximum atomic E-state index is 13.7. The normalized spacial score (nSPS) is 12.5. The molecule has 2 heterocycles. The second-order valence-electron chi connectivity index (χ2n) is 6.69. The molecule has 0 amide bonds. The summed E-state index contributed by atoms with van der Waals surface area (Å²) in [6.07, 6.45) is 1.93. The van der Waals surface area contributed by atoms with E-state index in [-0.39, 0.29) is 12.6 Å². The molecule has 0 fully saturated rings. The predicted molar refractivity (Wildman–Crippen MR) is 115 cm³/mol. The first-order valence-electron chi connectivity index (χ1n) is 8.96. The zero-order valence-electron chi connectivity index (χ0n) is 15.1. The Kier molecular flexibility index (Phi) is 4.60. The maximum Gasteiger partial charge on any atom is 0.231 e. The van der Waals surface area contributed by atoms with E-state index in [1.807, 2.05) is 53.3 Å². The van der Waals surface area contributed by atoms with Crippen LogP contribution in [0.2, 0.25) is 5.02 Å². The van der Waals surface area contributed by atoms with Crippen molar-refractivity contribution in [3.05, 3.63) is 87.7 Å². The summed E-state index contributed by atoms with van der Waals surface area (Å²) >= 11 is 9.74. The molecule has 0 radical (unpaired) electrons. The standard InChI is InChI=1S/C22H15BrClFN2O2/c23-19-11-22-21(28-13-29-22)10-15(19)12-27(18-4-1-16(24)2-5-18)26-8-7-14-9-17(25)3-6-20(14)26/h1-11H,12-13H2. The highest BCUT2D eigenvalue weighted by Gasteiger charge is 2.19. The lowest BCUT2D eigenvalue weighted by Gasteiger charge is -2.28. The van der Waals surface area contributed by atoms with Crippen molar-refractivity contribution in [2.45, 2.75) is 6.54 Å². The third-order valence-corrected chi connectivity index (χ3v) is 5.87. The molecule has 7 heteroatoms. The number of benzene rings is 3. The molecule has 4 aromatic rings. The van der Waals surface area contributed by atoms with E-state index in [0.29, 0.717) is 11.6 Å². The lowest BCUT2D eigenvalue weighted by Crippen LogP contribution is -2.28. The van der Waals surface area contributed by atoms with Crippen LogP contribution in [-0.4, -0.2) is 11.5 Å². The Morgan fingerprint density at radius 2 is 1.76 bits per heavy atom. The minimum atomic E-state index is -0.258. The highest BCUT2D eigenvalue weighted by atomic mass is 79.9. The number of nitrogens with zero attached hydrogens (tertiary/aromatic N) is 2. The van der Waals surface area contributed by atoms with E-state index in [4.69, 9.17) is 21.1 Å². The first-order chi connectivity index (χ1) is 14.1. The summed E-state index contributed by atoms with van der Waals surface area (Å²) in [5, 5.41) is 3.59. The van der Waals surface area contributed by atoms with Gasteiger partial charge < -0.3 is 9.47 Å². The zero-order valence-corrected chi connectivity index (χ0v) is 17.5. The van der Waals surface area contributed by atoms with Crippen LogP contribution in [0, 0.1) is 5.82 Å². The van der Waals surface area contributed by atoms with Crippen LogP contribution in [0.15, 0.2) is 71.3 Å². The van der Waals surface area contributed by atoms with Crippen molar-refractivity contribution in [2.75, 3.05) is 11.8 Å². The van der Waals surface area contributed by atoms with Crippen LogP contribution >= 0.6 is 27.5 Å². The topological polar surface area (TPSA) is 26.6 Å². The van der Waals surface area contributed by atoms with Gasteiger partial charge in [-0.1, -0.05) is 27.5 Å². The molecular weight excluding hydrogens is 459 g/mol. The van der Waals surface area contributed by atoms with Crippen LogP contribution < -0.4 is 14.5 Å². The summed E-state index contributed by atoms with van der Waals surface area (Å²) in [6, 6.07) is 18.2. The number of fused-ring (bicyclic) bond motifs is 2. The molecule has 1 aliphatic rings. The molecule has 0 bridgehead atoms. The summed E-state index contributed by atoms with van der Waals surface area (Å²) in [7, 11) is 0. The summed E-state index contributed by atoms with van der Waals surface area (Å²) < 4.78 is 27.6. The SMILES string of the molecule is Fc1ccc2c(ccn2N(Cc2cc3c(cc2Br)OCO3)c2ccc(Cl)cc2)c1. The number of aromatic nitrogens is 1. The van der Waals surface area contributed by atoms with Gasteiger partial charge in [0.15, 0.2) is 11.5 Å². The molecule has 146 valence electrons. The average molecular weight is 474 g/mol. The molecule has 1 aromatic heterocycles. The number of anilines is 1. The molecule has 1 aliphatic heterocycles. The van der Waals surface area contributed by atoms with Crippen LogP contribution in [0.5, 0.6) is 11.5 Å². The van der Waals surface area contributed by atoms with Crippen molar-refractivity contribution >= 4 is 44.1 Å². The zero-order chi connectivity index (χ0) is 20.0. The van der Waals surface area contributed by atoms with E-state index in [1.165, 1.54) is 12.1 Å². The van der Waals surface area contributed by atoms with Gasteiger partial charge in [0.05, 0.1) is 17.7 Å². The Balaban J connectivity index is 1.62. The van der Waals surface area contributed by atoms with Gasteiger partial charge in [-0.05, 0) is 66.2 Å². The predicted octanol–water partition coefficient (Wildman–Crippen LogP) is 6.39. The smallest absolute Gasteiger partial charge is 0.231 e. The van der Waals surface area contributed by atoms with E-state index < -0.39 is 0 Å². The molecule has 0 aliphatic carbocycles. The highest BCUT2D eigenvalue weighted by molar-refractivity contribution is 9.10. The average Bonchev–Trinajstić information content (AvgIpc) is 3.33. The van der Waals surface area contributed by atoms with Crippen LogP contribution in [0.3, 0.4) is 0 Å². The molecule has 0 N–H and O–H groups in total. The van der Waals surface area contributed by atoms with E-state index in [2.05, 4.69) is 20.9 Å². The molecule has 4 nitrogen and oxygen atoms in total. The Morgan fingerprint density at radius 1 is 1.00 bits per heavy atom. The Bertz CT molecular complexity index is 1210. The van der Waals surface area contributed by atoms with E-state index in [9.17, 15) is 4.39 Å². The van der Waals surface area contributed by atoms with Crippen LogP contribution in [0.1, 0.15) is 5.56 Å². The number of hydrogen-bond acceptors (Lipinski definition) is 3. The van der Waals surface area contributed by atoms with Crippen LogP contribution in [0.4, 0.5) is 10.1 Å². The van der Waals surface area contributed by atoms with Gasteiger partial charge in [0.1, 0.15) is 5.82 Å². The molecule has 0 saturated heterocycles. The largest absolute Gasteiger partial charge is 0.454 e. The third-order valence-electron chi connectivity index (χ3n) is 4.88. The van der Waals surface area contributed by atoms with Gasteiger partial charge in [0, 0.05) is 21.1 Å². The summed E-state index contributed by atoms with van der Waals surface area (Å²) in [5.41, 5.74) is 2.87. The second-order valence-corrected chi connectivity index (χ2v) is 7.99. The van der Waals surface area contributed by atoms with Crippen LogP contribution in [-0.2, 0) is 6.54 Å². The van der Waals surface area contributed by atoms with Gasteiger partial charge in [0.2, 0.25) is 6.79 Å². The van der Waals surface area contributed by atoms with Gasteiger partial charge in [-0.2, -0.15) is 0 Å². The fourth-order valence-corrected chi connectivity index (χ4v) is 4.03. The number of halogens is 3. The molecular formula is C22H15BrClFN2O2. The molecule has 29 heavy (non-hydrogen) atoms. The number of ether oxygens (including phenoxy) is 2. The van der Waals surface area contributed by atoms with E-state index >= 15 is 0 Å². The van der Waals surface area contributed by atoms with Crippen molar-refractivity contribution in [1.29, 1.82) is 0 Å². The van der Waals surface area contributed by atoms with Gasteiger partial charge in [-0.15, -0.1) is 0 Å². The Labute approximate surface area is 180 Å². The lowest BCUT2D eigenvalue weighted by atomic mass is 10.2. The van der Waals surface area contributed by atoms with E-state index in [1.54, 1.807) is 6.07 Å². The first-order valence-corrected chi connectivity index (χ1v) is 10.1. The molecule has 0 saturated carbocycles. The van der Waals surface area contributed by atoms with Crippen molar-refractivity contribution < 1.29 is 13.9 Å². The van der Waals surface area contributed by atoms with Gasteiger partial charge in [-0.25, -0.2) is 4.39 Å². The quantitative estimate of drug-likeness (QED) is 0.343. The Morgan fingerprint density at radius 3 is 2.55 bits per heavy atom. The van der Waals surface area contributed by atoms with Gasteiger partial charge >= 0.3 is 0 Å². The summed E-state index contributed by atoms with van der Waals surface area (Å²) in [5.74, 6) is 1.19. The fraction of sp³-hybridized carbons (Fsp3) is 0.0909. The molecule has 0 atom stereocenters. The minimum absolute atomic E-state index is 0.222. The van der Waals surface area contributed by atoms with Crippen LogP contribution in [0.25, 0.3) is 10.9 Å².